The molecule has 1 aliphatic carbocycles. The molecule has 0 saturated heterocycles. The minimum Gasteiger partial charge on any atom is -0.484 e. The van der Waals surface area contributed by atoms with Gasteiger partial charge in [-0.25, -0.2) is 0 Å². The SMILES string of the molecule is Cc1ccc(OCC(=O)NCC2(O)CCCCC2)c(C)c1. The zero-order valence-electron chi connectivity index (χ0n) is 12.9. The smallest absolute Gasteiger partial charge is 0.258 e. The van der Waals surface area contributed by atoms with Crippen LogP contribution in [0.4, 0.5) is 0 Å². The number of carbonyl (C=O) groups is 1. The van der Waals surface area contributed by atoms with E-state index < -0.39 is 5.60 Å². The van der Waals surface area contributed by atoms with E-state index in [1.807, 2.05) is 32.0 Å². The van der Waals surface area contributed by atoms with E-state index in [1.54, 1.807) is 0 Å². The highest BCUT2D eigenvalue weighted by Crippen LogP contribution is 2.27. The van der Waals surface area contributed by atoms with Gasteiger partial charge >= 0.3 is 0 Å². The first-order valence-electron chi connectivity index (χ1n) is 7.68. The predicted molar refractivity (Wildman–Crippen MR) is 82.5 cm³/mol. The second-order valence-corrected chi connectivity index (χ2v) is 6.12. The number of benzene rings is 1. The quantitative estimate of drug-likeness (QED) is 0.876. The Kier molecular flexibility index (Phi) is 5.23. The summed E-state index contributed by atoms with van der Waals surface area (Å²) in [6, 6.07) is 5.87. The van der Waals surface area contributed by atoms with E-state index in [1.165, 1.54) is 12.0 Å². The summed E-state index contributed by atoms with van der Waals surface area (Å²) in [6.45, 7) is 4.29. The van der Waals surface area contributed by atoms with Crippen molar-refractivity contribution in [2.45, 2.75) is 51.6 Å². The number of ether oxygens (including phenoxy) is 1. The van der Waals surface area contributed by atoms with Gasteiger partial charge in [0.05, 0.1) is 5.60 Å². The van der Waals surface area contributed by atoms with E-state index in [4.69, 9.17) is 4.74 Å². The topological polar surface area (TPSA) is 58.6 Å². The Morgan fingerprint density at radius 3 is 2.67 bits per heavy atom. The molecule has 0 aromatic heterocycles. The summed E-state index contributed by atoms with van der Waals surface area (Å²) in [4.78, 5) is 11.8. The van der Waals surface area contributed by atoms with Gasteiger partial charge in [-0.2, -0.15) is 0 Å². The Bertz CT molecular complexity index is 493. The van der Waals surface area contributed by atoms with Crippen LogP contribution in [0.15, 0.2) is 18.2 Å². The lowest BCUT2D eigenvalue weighted by atomic mass is 9.85. The number of aryl methyl sites for hydroxylation is 2. The third-order valence-electron chi connectivity index (χ3n) is 4.09. The highest BCUT2D eigenvalue weighted by molar-refractivity contribution is 5.77. The first-order valence-corrected chi connectivity index (χ1v) is 7.68. The molecule has 0 spiro atoms. The fourth-order valence-corrected chi connectivity index (χ4v) is 2.81. The van der Waals surface area contributed by atoms with Crippen LogP contribution in [0.1, 0.15) is 43.2 Å². The van der Waals surface area contributed by atoms with Crippen LogP contribution in [0.5, 0.6) is 5.75 Å². The number of carbonyl (C=O) groups excluding carboxylic acids is 1. The van der Waals surface area contributed by atoms with Crippen molar-refractivity contribution in [2.75, 3.05) is 13.2 Å². The Labute approximate surface area is 126 Å². The predicted octanol–water partition coefficient (Wildman–Crippen LogP) is 2.49. The van der Waals surface area contributed by atoms with Gasteiger partial charge in [-0.3, -0.25) is 4.79 Å². The van der Waals surface area contributed by atoms with E-state index >= 15 is 0 Å². The van der Waals surface area contributed by atoms with Crippen molar-refractivity contribution in [1.82, 2.24) is 5.32 Å². The van der Waals surface area contributed by atoms with Crippen LogP contribution in [-0.4, -0.2) is 29.8 Å². The highest BCUT2D eigenvalue weighted by Gasteiger charge is 2.29. The zero-order chi connectivity index (χ0) is 15.3. The van der Waals surface area contributed by atoms with E-state index in [9.17, 15) is 9.90 Å². The van der Waals surface area contributed by atoms with Crippen LogP contribution in [0.2, 0.25) is 0 Å². The fourth-order valence-electron chi connectivity index (χ4n) is 2.81. The molecule has 0 aliphatic heterocycles. The lowest BCUT2D eigenvalue weighted by Gasteiger charge is -2.32. The van der Waals surface area contributed by atoms with Crippen molar-refractivity contribution in [3.63, 3.8) is 0 Å². The van der Waals surface area contributed by atoms with Crippen molar-refractivity contribution in [3.8, 4) is 5.75 Å². The average molecular weight is 291 g/mol. The van der Waals surface area contributed by atoms with E-state index in [-0.39, 0.29) is 12.5 Å². The van der Waals surface area contributed by atoms with Gasteiger partial charge in [-0.05, 0) is 38.3 Å². The van der Waals surface area contributed by atoms with Crippen molar-refractivity contribution < 1.29 is 14.6 Å². The monoisotopic (exact) mass is 291 g/mol. The maximum atomic E-state index is 11.8. The molecule has 0 bridgehead atoms. The maximum absolute atomic E-state index is 11.8. The molecular formula is C17H25NO3. The van der Waals surface area contributed by atoms with Crippen LogP contribution < -0.4 is 10.1 Å². The van der Waals surface area contributed by atoms with Crippen LogP contribution in [0, 0.1) is 13.8 Å². The number of aliphatic hydroxyl groups is 1. The van der Waals surface area contributed by atoms with Gasteiger partial charge in [0.25, 0.3) is 5.91 Å². The molecule has 1 aliphatic rings. The molecule has 116 valence electrons. The van der Waals surface area contributed by atoms with Gasteiger partial charge in [0.15, 0.2) is 6.61 Å². The summed E-state index contributed by atoms with van der Waals surface area (Å²) in [5.74, 6) is 0.543. The molecule has 0 unspecified atom stereocenters. The number of hydrogen-bond donors (Lipinski definition) is 2. The minimum absolute atomic E-state index is 0.0139. The molecule has 21 heavy (non-hydrogen) atoms. The molecule has 4 heteroatoms. The standard InChI is InChI=1S/C17H25NO3/c1-13-6-7-15(14(2)10-13)21-11-16(19)18-12-17(20)8-4-3-5-9-17/h6-7,10,20H,3-5,8-9,11-12H2,1-2H3,(H,18,19). The normalized spacial score (nSPS) is 17.3. The minimum atomic E-state index is -0.728. The summed E-state index contributed by atoms with van der Waals surface area (Å²) in [5, 5.41) is 13.1. The van der Waals surface area contributed by atoms with Crippen LogP contribution in [0.3, 0.4) is 0 Å². The van der Waals surface area contributed by atoms with E-state index in [0.29, 0.717) is 6.54 Å². The van der Waals surface area contributed by atoms with Gasteiger partial charge in [0, 0.05) is 6.54 Å². The fraction of sp³-hybridized carbons (Fsp3) is 0.588. The lowest BCUT2D eigenvalue weighted by Crippen LogP contribution is -2.45. The average Bonchev–Trinajstić information content (AvgIpc) is 2.45. The first kappa shape index (κ1) is 15.8. The van der Waals surface area contributed by atoms with Gasteiger partial charge in [-0.15, -0.1) is 0 Å². The third kappa shape index (κ3) is 4.74. The molecule has 0 radical (unpaired) electrons. The number of rotatable bonds is 5. The summed E-state index contributed by atoms with van der Waals surface area (Å²) >= 11 is 0. The van der Waals surface area contributed by atoms with E-state index in [0.717, 1.165) is 37.0 Å². The second-order valence-electron chi connectivity index (χ2n) is 6.12. The van der Waals surface area contributed by atoms with Crippen molar-refractivity contribution >= 4 is 5.91 Å². The summed E-state index contributed by atoms with van der Waals surface area (Å²) in [5.41, 5.74) is 1.46. The molecule has 4 nitrogen and oxygen atoms in total. The highest BCUT2D eigenvalue weighted by atomic mass is 16.5. The Balaban J connectivity index is 1.77. The zero-order valence-corrected chi connectivity index (χ0v) is 12.9. The maximum Gasteiger partial charge on any atom is 0.258 e. The van der Waals surface area contributed by atoms with E-state index in [2.05, 4.69) is 5.32 Å². The molecule has 1 saturated carbocycles. The second kappa shape index (κ2) is 6.94. The van der Waals surface area contributed by atoms with Gasteiger partial charge in [-0.1, -0.05) is 37.0 Å². The molecule has 1 amide bonds. The first-order chi connectivity index (χ1) is 9.98. The summed E-state index contributed by atoms with van der Waals surface area (Å²) in [6.07, 6.45) is 4.78. The van der Waals surface area contributed by atoms with Crippen molar-refractivity contribution in [3.05, 3.63) is 29.3 Å². The number of amides is 1. The van der Waals surface area contributed by atoms with Crippen LogP contribution >= 0.6 is 0 Å². The van der Waals surface area contributed by atoms with Crippen molar-refractivity contribution in [1.29, 1.82) is 0 Å². The molecular weight excluding hydrogens is 266 g/mol. The summed E-state index contributed by atoms with van der Waals surface area (Å²) < 4.78 is 5.53. The molecule has 1 aromatic rings. The molecule has 2 rings (SSSR count). The largest absolute Gasteiger partial charge is 0.484 e. The van der Waals surface area contributed by atoms with Gasteiger partial charge in [0.2, 0.25) is 0 Å². The Hall–Kier alpha value is -1.55. The molecule has 2 N–H and O–H groups in total. The van der Waals surface area contributed by atoms with Crippen LogP contribution in [-0.2, 0) is 4.79 Å². The molecule has 1 fully saturated rings. The number of nitrogens with one attached hydrogen (secondary N) is 1. The Morgan fingerprint density at radius 1 is 1.29 bits per heavy atom. The van der Waals surface area contributed by atoms with Gasteiger partial charge < -0.3 is 15.2 Å². The molecule has 1 aromatic carbocycles. The molecule has 0 atom stereocenters. The Morgan fingerprint density at radius 2 is 2.00 bits per heavy atom. The third-order valence-corrected chi connectivity index (χ3v) is 4.09. The van der Waals surface area contributed by atoms with Crippen molar-refractivity contribution in [2.24, 2.45) is 0 Å². The molecule has 0 heterocycles. The number of hydrogen-bond acceptors (Lipinski definition) is 3. The summed E-state index contributed by atoms with van der Waals surface area (Å²) in [7, 11) is 0. The van der Waals surface area contributed by atoms with Gasteiger partial charge in [0.1, 0.15) is 5.75 Å². The lowest BCUT2D eigenvalue weighted by molar-refractivity contribution is -0.124. The van der Waals surface area contributed by atoms with Crippen LogP contribution in [0.25, 0.3) is 0 Å².